The van der Waals surface area contributed by atoms with E-state index in [1.807, 2.05) is 0 Å². The van der Waals surface area contributed by atoms with Gasteiger partial charge in [-0.3, -0.25) is 0 Å². The molecule has 0 amide bonds. The summed E-state index contributed by atoms with van der Waals surface area (Å²) < 4.78 is 13.0. The van der Waals surface area contributed by atoms with E-state index in [2.05, 4.69) is 12.6 Å². The van der Waals surface area contributed by atoms with E-state index < -0.39 is 5.82 Å². The van der Waals surface area contributed by atoms with Crippen LogP contribution in [0, 0.1) is 5.82 Å². The second-order valence-electron chi connectivity index (χ2n) is 2.12. The van der Waals surface area contributed by atoms with E-state index in [4.69, 9.17) is 0 Å². The molecule has 1 nitrogen and oxygen atoms in total. The Kier molecular flexibility index (Phi) is 2.65. The lowest BCUT2D eigenvalue weighted by Gasteiger charge is -1.99. The molecule has 0 saturated heterocycles. The van der Waals surface area contributed by atoms with Crippen LogP contribution in [-0.2, 0) is 11.2 Å². The zero-order valence-electron chi connectivity index (χ0n) is 5.75. The van der Waals surface area contributed by atoms with Crippen LogP contribution in [0.4, 0.5) is 4.39 Å². The fourth-order valence-electron chi connectivity index (χ4n) is 0.814. The Morgan fingerprint density at radius 2 is 2.27 bits per heavy atom. The van der Waals surface area contributed by atoms with Gasteiger partial charge in [0.2, 0.25) is 0 Å². The Balaban J connectivity index is 3.05. The minimum atomic E-state index is -0.400. The van der Waals surface area contributed by atoms with Gasteiger partial charge >= 0.3 is 0 Å². The maximum absolute atomic E-state index is 13.0. The number of halogens is 1. The van der Waals surface area contributed by atoms with Gasteiger partial charge in [-0.2, -0.15) is 0 Å². The highest BCUT2D eigenvalue weighted by Gasteiger charge is 2.02. The SMILES string of the molecule is O=CCc1cccc(S)c1F. The van der Waals surface area contributed by atoms with Crippen molar-refractivity contribution in [1.29, 1.82) is 0 Å². The van der Waals surface area contributed by atoms with Gasteiger partial charge in [0.1, 0.15) is 12.1 Å². The highest BCUT2D eigenvalue weighted by atomic mass is 32.1. The first kappa shape index (κ1) is 8.27. The molecule has 0 bridgehead atoms. The quantitative estimate of drug-likeness (QED) is 0.529. The van der Waals surface area contributed by atoms with E-state index in [0.717, 1.165) is 0 Å². The van der Waals surface area contributed by atoms with E-state index in [1.54, 1.807) is 18.2 Å². The monoisotopic (exact) mass is 170 g/mol. The van der Waals surface area contributed by atoms with Gasteiger partial charge < -0.3 is 4.79 Å². The number of carbonyl (C=O) groups is 1. The molecular weight excluding hydrogens is 163 g/mol. The summed E-state index contributed by atoms with van der Waals surface area (Å²) in [5.74, 6) is -0.400. The summed E-state index contributed by atoms with van der Waals surface area (Å²) in [6.07, 6.45) is 0.784. The predicted molar refractivity (Wildman–Crippen MR) is 43.4 cm³/mol. The summed E-state index contributed by atoms with van der Waals surface area (Å²) in [4.78, 5) is 10.3. The molecule has 58 valence electrons. The van der Waals surface area contributed by atoms with Gasteiger partial charge in [-0.05, 0) is 11.6 Å². The predicted octanol–water partition coefficient (Wildman–Crippen LogP) is 1.86. The minimum absolute atomic E-state index is 0.111. The van der Waals surface area contributed by atoms with Crippen molar-refractivity contribution in [3.05, 3.63) is 29.6 Å². The first-order valence-electron chi connectivity index (χ1n) is 3.15. The van der Waals surface area contributed by atoms with E-state index in [9.17, 15) is 9.18 Å². The highest BCUT2D eigenvalue weighted by Crippen LogP contribution is 2.15. The number of thiol groups is 1. The van der Waals surface area contributed by atoms with Gasteiger partial charge in [0.15, 0.2) is 0 Å². The fourth-order valence-corrected chi connectivity index (χ4v) is 1.04. The Bertz CT molecular complexity index is 273. The normalized spacial score (nSPS) is 9.64. The van der Waals surface area contributed by atoms with Crippen LogP contribution < -0.4 is 0 Å². The smallest absolute Gasteiger partial charge is 0.140 e. The third kappa shape index (κ3) is 1.80. The number of rotatable bonds is 2. The van der Waals surface area contributed by atoms with Crippen LogP contribution in [0.1, 0.15) is 5.56 Å². The van der Waals surface area contributed by atoms with Crippen LogP contribution in [-0.4, -0.2) is 6.29 Å². The van der Waals surface area contributed by atoms with Crippen LogP contribution in [0.3, 0.4) is 0 Å². The van der Waals surface area contributed by atoms with E-state index in [-0.39, 0.29) is 11.3 Å². The van der Waals surface area contributed by atoms with Gasteiger partial charge in [0.25, 0.3) is 0 Å². The lowest BCUT2D eigenvalue weighted by molar-refractivity contribution is -0.107. The average Bonchev–Trinajstić information content (AvgIpc) is 1.99. The number of hydrogen-bond acceptors (Lipinski definition) is 2. The summed E-state index contributed by atoms with van der Waals surface area (Å²) >= 11 is 3.87. The van der Waals surface area contributed by atoms with Crippen molar-refractivity contribution >= 4 is 18.9 Å². The van der Waals surface area contributed by atoms with Crippen LogP contribution in [0.15, 0.2) is 23.1 Å². The fraction of sp³-hybridized carbons (Fsp3) is 0.125. The molecule has 0 aromatic heterocycles. The molecule has 0 fully saturated rings. The molecule has 0 aliphatic rings. The van der Waals surface area contributed by atoms with Crippen LogP contribution >= 0.6 is 12.6 Å². The third-order valence-corrected chi connectivity index (χ3v) is 1.71. The minimum Gasteiger partial charge on any atom is -0.303 e. The Morgan fingerprint density at radius 1 is 1.55 bits per heavy atom. The molecule has 0 radical (unpaired) electrons. The summed E-state index contributed by atoms with van der Waals surface area (Å²) in [5, 5.41) is 0. The number of hydrogen-bond donors (Lipinski definition) is 1. The van der Waals surface area contributed by atoms with Crippen LogP contribution in [0.2, 0.25) is 0 Å². The van der Waals surface area contributed by atoms with Crippen molar-refractivity contribution < 1.29 is 9.18 Å². The van der Waals surface area contributed by atoms with Crippen molar-refractivity contribution in [2.24, 2.45) is 0 Å². The lowest BCUT2D eigenvalue weighted by Crippen LogP contribution is -1.91. The van der Waals surface area contributed by atoms with Crippen molar-refractivity contribution in [1.82, 2.24) is 0 Å². The van der Waals surface area contributed by atoms with Crippen molar-refractivity contribution in [3.8, 4) is 0 Å². The Labute approximate surface area is 69.6 Å². The van der Waals surface area contributed by atoms with Gasteiger partial charge in [-0.25, -0.2) is 4.39 Å². The van der Waals surface area contributed by atoms with Crippen molar-refractivity contribution in [3.63, 3.8) is 0 Å². The number of carbonyl (C=O) groups excluding carboxylic acids is 1. The van der Waals surface area contributed by atoms with Crippen molar-refractivity contribution in [2.75, 3.05) is 0 Å². The molecule has 1 aromatic carbocycles. The van der Waals surface area contributed by atoms with Gasteiger partial charge in [0, 0.05) is 11.3 Å². The lowest BCUT2D eigenvalue weighted by atomic mass is 10.1. The summed E-state index contributed by atoms with van der Waals surface area (Å²) in [5.41, 5.74) is 0.396. The van der Waals surface area contributed by atoms with Gasteiger partial charge in [0.05, 0.1) is 0 Å². The van der Waals surface area contributed by atoms with E-state index >= 15 is 0 Å². The molecule has 0 saturated carbocycles. The zero-order chi connectivity index (χ0) is 8.27. The Morgan fingerprint density at radius 3 is 2.91 bits per heavy atom. The zero-order valence-corrected chi connectivity index (χ0v) is 6.64. The maximum atomic E-state index is 13.0. The van der Waals surface area contributed by atoms with Crippen molar-refractivity contribution in [2.45, 2.75) is 11.3 Å². The van der Waals surface area contributed by atoms with Crippen LogP contribution in [0.25, 0.3) is 0 Å². The summed E-state index contributed by atoms with van der Waals surface area (Å²) in [6.45, 7) is 0. The topological polar surface area (TPSA) is 17.1 Å². The molecule has 1 aromatic rings. The molecule has 0 unspecified atom stereocenters. The molecular formula is C8H7FOS. The van der Waals surface area contributed by atoms with Crippen LogP contribution in [0.5, 0.6) is 0 Å². The molecule has 11 heavy (non-hydrogen) atoms. The molecule has 0 heterocycles. The largest absolute Gasteiger partial charge is 0.303 e. The Hall–Kier alpha value is -0.830. The second kappa shape index (κ2) is 3.53. The maximum Gasteiger partial charge on any atom is 0.140 e. The second-order valence-corrected chi connectivity index (χ2v) is 2.60. The molecule has 0 spiro atoms. The summed E-state index contributed by atoms with van der Waals surface area (Å²) in [7, 11) is 0. The number of benzene rings is 1. The average molecular weight is 170 g/mol. The standard InChI is InChI=1S/C8H7FOS/c9-8-6(4-5-10)2-1-3-7(8)11/h1-3,5,11H,4H2. The molecule has 0 aliphatic carbocycles. The molecule has 3 heteroatoms. The van der Waals surface area contributed by atoms with E-state index in [0.29, 0.717) is 11.8 Å². The van der Waals surface area contributed by atoms with Gasteiger partial charge in [-0.15, -0.1) is 12.6 Å². The van der Waals surface area contributed by atoms with Gasteiger partial charge in [-0.1, -0.05) is 12.1 Å². The molecule has 0 N–H and O–H groups in total. The highest BCUT2D eigenvalue weighted by molar-refractivity contribution is 7.80. The first-order chi connectivity index (χ1) is 5.25. The number of aldehydes is 1. The molecule has 0 aliphatic heterocycles. The summed E-state index contributed by atoms with van der Waals surface area (Å²) in [6, 6.07) is 4.79. The molecule has 0 atom stereocenters. The van der Waals surface area contributed by atoms with E-state index in [1.165, 1.54) is 0 Å². The third-order valence-electron chi connectivity index (χ3n) is 1.36. The molecule has 1 rings (SSSR count). The first-order valence-corrected chi connectivity index (χ1v) is 3.60.